The van der Waals surface area contributed by atoms with Crippen molar-refractivity contribution in [1.82, 2.24) is 19.9 Å². The average molecular weight is 336 g/mol. The second-order valence-corrected chi connectivity index (χ2v) is 6.44. The first-order chi connectivity index (χ1) is 12.2. The van der Waals surface area contributed by atoms with Gasteiger partial charge in [0.05, 0.1) is 12.7 Å². The second-order valence-electron chi connectivity index (χ2n) is 6.44. The fourth-order valence-corrected chi connectivity index (χ4v) is 2.86. The van der Waals surface area contributed by atoms with E-state index in [-0.39, 0.29) is 5.91 Å². The molecule has 2 aromatic heterocycles. The number of hydrogen-bond donors (Lipinski definition) is 1. The number of pyridine rings is 1. The van der Waals surface area contributed by atoms with E-state index in [2.05, 4.69) is 15.5 Å². The fraction of sp³-hybridized carbons (Fsp3) is 0.316. The number of rotatable bonds is 6. The third-order valence-corrected chi connectivity index (χ3v) is 4.49. The van der Waals surface area contributed by atoms with Gasteiger partial charge >= 0.3 is 0 Å². The Morgan fingerprint density at radius 1 is 1.28 bits per heavy atom. The first-order valence-electron chi connectivity index (χ1n) is 8.48. The number of nitrogens with zero attached hydrogens (tertiary/aromatic N) is 3. The van der Waals surface area contributed by atoms with E-state index in [0.29, 0.717) is 12.1 Å². The van der Waals surface area contributed by atoms with E-state index >= 15 is 0 Å². The van der Waals surface area contributed by atoms with E-state index in [0.717, 1.165) is 35.1 Å². The first-order valence-corrected chi connectivity index (χ1v) is 8.48. The van der Waals surface area contributed by atoms with E-state index in [1.165, 1.54) is 12.8 Å². The molecule has 0 atom stereocenters. The summed E-state index contributed by atoms with van der Waals surface area (Å²) in [5.41, 5.74) is 2.37. The molecule has 0 unspecified atom stereocenters. The summed E-state index contributed by atoms with van der Waals surface area (Å²) >= 11 is 0. The van der Waals surface area contributed by atoms with Gasteiger partial charge in [-0.15, -0.1) is 10.2 Å². The van der Waals surface area contributed by atoms with E-state index in [1.807, 2.05) is 40.9 Å². The lowest BCUT2D eigenvalue weighted by Crippen LogP contribution is -2.23. The molecule has 1 N–H and O–H groups in total. The van der Waals surface area contributed by atoms with Gasteiger partial charge in [-0.1, -0.05) is 12.1 Å². The van der Waals surface area contributed by atoms with Gasteiger partial charge in [0.15, 0.2) is 5.65 Å². The van der Waals surface area contributed by atoms with Crippen LogP contribution >= 0.6 is 0 Å². The Balaban J connectivity index is 1.49. The number of carbonyl (C=O) groups excluding carboxylic acids is 1. The molecular formula is C19H20N4O2. The van der Waals surface area contributed by atoms with Crippen molar-refractivity contribution in [3.63, 3.8) is 0 Å². The van der Waals surface area contributed by atoms with Crippen LogP contribution in [0.4, 0.5) is 0 Å². The molecule has 0 aliphatic heterocycles. The zero-order valence-electron chi connectivity index (χ0n) is 14.1. The number of nitrogens with one attached hydrogen (secondary N) is 1. The van der Waals surface area contributed by atoms with Crippen LogP contribution in [0.15, 0.2) is 42.6 Å². The zero-order valence-corrected chi connectivity index (χ0v) is 14.1. The maximum absolute atomic E-state index is 12.5. The Hall–Kier alpha value is -2.89. The van der Waals surface area contributed by atoms with Gasteiger partial charge in [0.2, 0.25) is 0 Å². The molecular weight excluding hydrogens is 316 g/mol. The molecule has 0 spiro atoms. The summed E-state index contributed by atoms with van der Waals surface area (Å²) in [6, 6.07) is 11.3. The number of carbonyl (C=O) groups is 1. The third-order valence-electron chi connectivity index (χ3n) is 4.49. The Morgan fingerprint density at radius 2 is 2.16 bits per heavy atom. The number of ether oxygens (including phenoxy) is 1. The number of hydrogen-bond acceptors (Lipinski definition) is 4. The van der Waals surface area contributed by atoms with Crippen LogP contribution in [0.25, 0.3) is 5.65 Å². The Labute approximate surface area is 145 Å². The lowest BCUT2D eigenvalue weighted by atomic mass is 10.2. The molecule has 6 heteroatoms. The molecule has 6 nitrogen and oxygen atoms in total. The lowest BCUT2D eigenvalue weighted by Gasteiger charge is -2.08. The molecule has 1 fully saturated rings. The van der Waals surface area contributed by atoms with Crippen LogP contribution in [0, 0.1) is 5.92 Å². The highest BCUT2D eigenvalue weighted by Gasteiger charge is 2.24. The van der Waals surface area contributed by atoms with Crippen molar-refractivity contribution in [2.75, 3.05) is 7.11 Å². The van der Waals surface area contributed by atoms with Gasteiger partial charge in [-0.05, 0) is 48.6 Å². The van der Waals surface area contributed by atoms with Crippen molar-refractivity contribution in [2.45, 2.75) is 25.8 Å². The van der Waals surface area contributed by atoms with E-state index in [9.17, 15) is 4.79 Å². The Morgan fingerprint density at radius 3 is 2.96 bits per heavy atom. The summed E-state index contributed by atoms with van der Waals surface area (Å²) in [5, 5.41) is 11.4. The lowest BCUT2D eigenvalue weighted by molar-refractivity contribution is 0.0950. The molecule has 3 aromatic rings. The predicted molar refractivity (Wildman–Crippen MR) is 93.6 cm³/mol. The Kier molecular flexibility index (Phi) is 4.09. The molecule has 1 aliphatic rings. The second kappa shape index (κ2) is 6.55. The van der Waals surface area contributed by atoms with Crippen LogP contribution in [0.3, 0.4) is 0 Å². The molecule has 2 heterocycles. The number of amides is 1. The highest BCUT2D eigenvalue weighted by atomic mass is 16.5. The highest BCUT2D eigenvalue weighted by molar-refractivity contribution is 5.94. The number of fused-ring (bicyclic) bond motifs is 1. The minimum Gasteiger partial charge on any atom is -0.497 e. The molecule has 25 heavy (non-hydrogen) atoms. The number of benzene rings is 1. The SMILES string of the molecule is COc1cccc(CNC(=O)c2ccc3nnc(CC4CC4)n3c2)c1. The van der Waals surface area contributed by atoms with Crippen LogP contribution in [0.5, 0.6) is 5.75 Å². The minimum absolute atomic E-state index is 0.115. The van der Waals surface area contributed by atoms with E-state index in [4.69, 9.17) is 4.74 Å². The van der Waals surface area contributed by atoms with Gasteiger partial charge in [0.25, 0.3) is 5.91 Å². The Bertz CT molecular complexity index is 915. The quantitative estimate of drug-likeness (QED) is 0.751. The standard InChI is InChI=1S/C19H20N4O2/c1-25-16-4-2-3-14(9-16)11-20-19(24)15-7-8-17-21-22-18(23(17)12-15)10-13-5-6-13/h2-4,7-9,12-13H,5-6,10-11H2,1H3,(H,20,24). The van der Waals surface area contributed by atoms with Crippen molar-refractivity contribution in [3.8, 4) is 5.75 Å². The molecule has 4 rings (SSSR count). The molecule has 1 amide bonds. The van der Waals surface area contributed by atoms with E-state index < -0.39 is 0 Å². The largest absolute Gasteiger partial charge is 0.497 e. The number of aromatic nitrogens is 3. The fourth-order valence-electron chi connectivity index (χ4n) is 2.86. The van der Waals surface area contributed by atoms with E-state index in [1.54, 1.807) is 13.2 Å². The monoisotopic (exact) mass is 336 g/mol. The van der Waals surface area contributed by atoms with Crippen LogP contribution in [0.1, 0.15) is 34.6 Å². The maximum Gasteiger partial charge on any atom is 0.253 e. The molecule has 1 aliphatic carbocycles. The zero-order chi connectivity index (χ0) is 17.2. The average Bonchev–Trinajstić information content (AvgIpc) is 3.39. The molecule has 128 valence electrons. The van der Waals surface area contributed by atoms with Crippen LogP contribution in [-0.4, -0.2) is 27.6 Å². The van der Waals surface area contributed by atoms with Crippen LogP contribution < -0.4 is 10.1 Å². The summed E-state index contributed by atoms with van der Waals surface area (Å²) in [5.74, 6) is 2.32. The summed E-state index contributed by atoms with van der Waals surface area (Å²) in [4.78, 5) is 12.5. The summed E-state index contributed by atoms with van der Waals surface area (Å²) in [6.45, 7) is 0.450. The van der Waals surface area contributed by atoms with Crippen LogP contribution in [-0.2, 0) is 13.0 Å². The van der Waals surface area contributed by atoms with Crippen molar-refractivity contribution in [1.29, 1.82) is 0 Å². The van der Waals surface area contributed by atoms with Gasteiger partial charge in [-0.25, -0.2) is 0 Å². The predicted octanol–water partition coefficient (Wildman–Crippen LogP) is 2.62. The van der Waals surface area contributed by atoms with Gasteiger partial charge in [-0.2, -0.15) is 0 Å². The maximum atomic E-state index is 12.5. The van der Waals surface area contributed by atoms with Crippen molar-refractivity contribution in [3.05, 3.63) is 59.5 Å². The highest BCUT2D eigenvalue weighted by Crippen LogP contribution is 2.32. The summed E-state index contributed by atoms with van der Waals surface area (Å²) in [6.07, 6.45) is 5.27. The van der Waals surface area contributed by atoms with Gasteiger partial charge < -0.3 is 10.1 Å². The molecule has 1 saturated carbocycles. The summed E-state index contributed by atoms with van der Waals surface area (Å²) < 4.78 is 7.13. The van der Waals surface area contributed by atoms with Gasteiger partial charge in [0.1, 0.15) is 11.6 Å². The van der Waals surface area contributed by atoms with Crippen LogP contribution in [0.2, 0.25) is 0 Å². The third kappa shape index (κ3) is 3.47. The van der Waals surface area contributed by atoms with Crippen molar-refractivity contribution >= 4 is 11.6 Å². The summed E-state index contributed by atoms with van der Waals surface area (Å²) in [7, 11) is 1.63. The first kappa shape index (κ1) is 15.6. The molecule has 0 saturated heterocycles. The minimum atomic E-state index is -0.115. The molecule has 0 radical (unpaired) electrons. The molecule has 0 bridgehead atoms. The van der Waals surface area contributed by atoms with Gasteiger partial charge in [0, 0.05) is 19.2 Å². The molecule has 1 aromatic carbocycles. The van der Waals surface area contributed by atoms with Crippen molar-refractivity contribution < 1.29 is 9.53 Å². The normalized spacial score (nSPS) is 13.8. The smallest absolute Gasteiger partial charge is 0.253 e. The van der Waals surface area contributed by atoms with Gasteiger partial charge in [-0.3, -0.25) is 9.20 Å². The topological polar surface area (TPSA) is 68.5 Å². The van der Waals surface area contributed by atoms with Crippen molar-refractivity contribution in [2.24, 2.45) is 5.92 Å². The number of methoxy groups -OCH3 is 1.